The number of carbonyl (C=O) groups excluding carboxylic acids is 1. The highest BCUT2D eigenvalue weighted by atomic mass is 19.4. The van der Waals surface area contributed by atoms with Crippen LogP contribution >= 0.6 is 0 Å². The van der Waals surface area contributed by atoms with Crippen LogP contribution in [-0.2, 0) is 16.1 Å². The maximum atomic E-state index is 12.2. The van der Waals surface area contributed by atoms with Crippen LogP contribution in [0.25, 0.3) is 0 Å². The predicted octanol–water partition coefficient (Wildman–Crippen LogP) is 1.46. The fourth-order valence-corrected chi connectivity index (χ4v) is 1.68. The molecule has 0 spiro atoms. The minimum Gasteiger partial charge on any atom is -0.292 e. The maximum Gasteiger partial charge on any atom is 0.538 e. The van der Waals surface area contributed by atoms with Crippen molar-refractivity contribution in [2.75, 3.05) is 5.32 Å². The largest absolute Gasteiger partial charge is 0.538 e. The molecule has 0 fully saturated rings. The van der Waals surface area contributed by atoms with Gasteiger partial charge in [0.2, 0.25) is 11.9 Å². The van der Waals surface area contributed by atoms with E-state index in [1.807, 2.05) is 0 Å². The van der Waals surface area contributed by atoms with Crippen molar-refractivity contribution in [3.63, 3.8) is 0 Å². The average molecular weight is 327 g/mol. The van der Waals surface area contributed by atoms with Gasteiger partial charge in [-0.05, 0) is 12.0 Å². The summed E-state index contributed by atoms with van der Waals surface area (Å²) in [6.45, 7) is 0. The first-order chi connectivity index (χ1) is 10.9. The number of nitrogens with one attached hydrogen (secondary N) is 2. The fraction of sp³-hybridized carbons (Fsp3) is 0.231. The minimum absolute atomic E-state index is 0.0248. The normalized spacial score (nSPS) is 12.7. The summed E-state index contributed by atoms with van der Waals surface area (Å²) in [6.07, 6.45) is -2.36. The average Bonchev–Trinajstić information content (AvgIpc) is 2.52. The van der Waals surface area contributed by atoms with Gasteiger partial charge in [-0.15, -0.1) is 18.3 Å². The molecule has 0 aliphatic heterocycles. The first-order valence-corrected chi connectivity index (χ1v) is 6.43. The molecule has 23 heavy (non-hydrogen) atoms. The number of hydrogen-bond acceptors (Lipinski definition) is 6. The molecular weight excluding hydrogens is 315 g/mol. The van der Waals surface area contributed by atoms with Gasteiger partial charge < -0.3 is 0 Å². The van der Waals surface area contributed by atoms with Crippen LogP contribution in [0.3, 0.4) is 0 Å². The van der Waals surface area contributed by atoms with E-state index in [4.69, 9.17) is 0 Å². The van der Waals surface area contributed by atoms with Crippen molar-refractivity contribution in [3.05, 3.63) is 48.3 Å². The van der Waals surface area contributed by atoms with Crippen molar-refractivity contribution in [3.8, 4) is 0 Å². The van der Waals surface area contributed by atoms with Gasteiger partial charge in [0.25, 0.3) is 0 Å². The lowest BCUT2D eigenvalue weighted by molar-refractivity contribution is -0.353. The van der Waals surface area contributed by atoms with Crippen molar-refractivity contribution in [2.24, 2.45) is 0 Å². The zero-order valence-electron chi connectivity index (χ0n) is 11.6. The quantitative estimate of drug-likeness (QED) is 0.781. The van der Waals surface area contributed by atoms with E-state index >= 15 is 0 Å². The third kappa shape index (κ3) is 5.96. The van der Waals surface area contributed by atoms with E-state index in [9.17, 15) is 18.0 Å². The smallest absolute Gasteiger partial charge is 0.292 e. The Morgan fingerprint density at radius 2 is 1.96 bits per heavy atom. The third-order valence-electron chi connectivity index (χ3n) is 2.63. The van der Waals surface area contributed by atoms with E-state index in [1.165, 1.54) is 12.4 Å². The molecular formula is C13H12F3N5O2. The number of anilines is 1. The summed E-state index contributed by atoms with van der Waals surface area (Å²) in [5.74, 6) is -0.907. The molecule has 0 radical (unpaired) electrons. The molecule has 10 heteroatoms. The number of alkyl halides is 3. The highest BCUT2D eigenvalue weighted by Gasteiger charge is 2.33. The number of nitrogens with zero attached hydrogens (tertiary/aromatic N) is 3. The topological polar surface area (TPSA) is 89.0 Å². The van der Waals surface area contributed by atoms with E-state index in [2.05, 4.69) is 25.3 Å². The van der Waals surface area contributed by atoms with Crippen LogP contribution in [0.2, 0.25) is 0 Å². The summed E-state index contributed by atoms with van der Waals surface area (Å²) in [7, 11) is 0. The predicted molar refractivity (Wildman–Crippen MR) is 72.7 cm³/mol. The Morgan fingerprint density at radius 3 is 2.57 bits per heavy atom. The van der Waals surface area contributed by atoms with E-state index in [0.717, 1.165) is 0 Å². The molecule has 0 unspecified atom stereocenters. The number of amides is 1. The molecule has 1 aromatic carbocycles. The zero-order chi connectivity index (χ0) is 16.7. The van der Waals surface area contributed by atoms with E-state index in [0.29, 0.717) is 5.56 Å². The summed E-state index contributed by atoms with van der Waals surface area (Å²) in [5.41, 5.74) is 2.37. The summed E-state index contributed by atoms with van der Waals surface area (Å²) >= 11 is 0. The molecule has 0 aliphatic rings. The summed E-state index contributed by atoms with van der Waals surface area (Å²) < 4.78 is 36.6. The van der Waals surface area contributed by atoms with Gasteiger partial charge in [0.1, 0.15) is 6.04 Å². The van der Waals surface area contributed by atoms with Gasteiger partial charge in [0.15, 0.2) is 0 Å². The number of carbonyl (C=O) groups is 1. The molecule has 2 N–H and O–H groups in total. The molecule has 1 heterocycles. The molecule has 0 saturated carbocycles. The maximum absolute atomic E-state index is 12.2. The Kier molecular flexibility index (Phi) is 5.55. The van der Waals surface area contributed by atoms with Gasteiger partial charge >= 0.3 is 6.36 Å². The van der Waals surface area contributed by atoms with Crippen LogP contribution < -0.4 is 10.8 Å². The molecule has 122 valence electrons. The molecule has 1 amide bonds. The monoisotopic (exact) mass is 327 g/mol. The molecule has 0 aliphatic carbocycles. The van der Waals surface area contributed by atoms with Crippen LogP contribution in [0, 0.1) is 0 Å². The zero-order valence-corrected chi connectivity index (χ0v) is 11.6. The van der Waals surface area contributed by atoms with Crippen LogP contribution in [0.15, 0.2) is 42.7 Å². The van der Waals surface area contributed by atoms with E-state index in [-0.39, 0.29) is 12.4 Å². The third-order valence-corrected chi connectivity index (χ3v) is 2.63. The highest BCUT2D eigenvalue weighted by Crippen LogP contribution is 2.15. The molecule has 0 bridgehead atoms. The first kappa shape index (κ1) is 16.8. The number of hydrogen-bond donors (Lipinski definition) is 2. The lowest BCUT2D eigenvalue weighted by Crippen LogP contribution is -2.44. The van der Waals surface area contributed by atoms with Crippen LogP contribution in [0.1, 0.15) is 5.56 Å². The lowest BCUT2D eigenvalue weighted by Gasteiger charge is -2.18. The molecule has 1 atom stereocenters. The second-order valence-electron chi connectivity index (χ2n) is 4.36. The van der Waals surface area contributed by atoms with Crippen molar-refractivity contribution < 1.29 is 22.8 Å². The lowest BCUT2D eigenvalue weighted by atomic mass is 10.1. The van der Waals surface area contributed by atoms with E-state index < -0.39 is 18.3 Å². The standard InChI is InChI=1S/C13H12F3N5O2/c14-13(15,16)23-21-10(8-9-4-2-1-3-5-9)11(22)19-12-17-6-7-18-20-12/h1-7,10,21H,8H2,(H,17,19,20,22)/t10-/m0/s1. The molecule has 7 nitrogen and oxygen atoms in total. The summed E-state index contributed by atoms with van der Waals surface area (Å²) in [6, 6.07) is 7.22. The van der Waals surface area contributed by atoms with Crippen LogP contribution in [-0.4, -0.2) is 33.5 Å². The van der Waals surface area contributed by atoms with Gasteiger partial charge in [-0.2, -0.15) is 10.6 Å². The van der Waals surface area contributed by atoms with Gasteiger partial charge in [0.05, 0.1) is 12.4 Å². The summed E-state index contributed by atoms with van der Waals surface area (Å²) in [4.78, 5) is 19.4. The Bertz CT molecular complexity index is 625. The Balaban J connectivity index is 2.06. The van der Waals surface area contributed by atoms with Gasteiger partial charge in [0, 0.05) is 0 Å². The Labute approximate surface area is 128 Å². The molecule has 1 aromatic heterocycles. The molecule has 2 aromatic rings. The van der Waals surface area contributed by atoms with Gasteiger partial charge in [-0.1, -0.05) is 30.3 Å². The highest BCUT2D eigenvalue weighted by molar-refractivity contribution is 5.93. The molecule has 0 saturated heterocycles. The second-order valence-corrected chi connectivity index (χ2v) is 4.36. The SMILES string of the molecule is O=C(Nc1nccnn1)[C@H](Cc1ccccc1)NOC(F)(F)F. The van der Waals surface area contributed by atoms with Crippen molar-refractivity contribution in [1.29, 1.82) is 0 Å². The second kappa shape index (κ2) is 7.61. The number of halogens is 3. The van der Waals surface area contributed by atoms with E-state index in [1.54, 1.807) is 35.8 Å². The van der Waals surface area contributed by atoms with Crippen molar-refractivity contribution in [1.82, 2.24) is 20.7 Å². The van der Waals surface area contributed by atoms with Crippen molar-refractivity contribution in [2.45, 2.75) is 18.8 Å². The van der Waals surface area contributed by atoms with Gasteiger partial charge in [-0.25, -0.2) is 9.82 Å². The Morgan fingerprint density at radius 1 is 1.22 bits per heavy atom. The number of benzene rings is 1. The fourth-order valence-electron chi connectivity index (χ4n) is 1.68. The minimum atomic E-state index is -4.92. The number of hydroxylamine groups is 1. The first-order valence-electron chi connectivity index (χ1n) is 6.43. The number of aromatic nitrogens is 3. The molecule has 2 rings (SSSR count). The van der Waals surface area contributed by atoms with Crippen LogP contribution in [0.4, 0.5) is 19.1 Å². The van der Waals surface area contributed by atoms with Gasteiger partial charge in [-0.3, -0.25) is 10.1 Å². The Hall–Kier alpha value is -2.59. The number of rotatable bonds is 6. The van der Waals surface area contributed by atoms with Crippen LogP contribution in [0.5, 0.6) is 0 Å². The van der Waals surface area contributed by atoms with Crippen molar-refractivity contribution >= 4 is 11.9 Å². The summed E-state index contributed by atoms with van der Waals surface area (Å²) in [5, 5.41) is 9.31.